The first-order valence-electron chi connectivity index (χ1n) is 10.7. The van der Waals surface area contributed by atoms with Crippen LogP contribution in [0.5, 0.6) is 11.5 Å². The van der Waals surface area contributed by atoms with Crippen LogP contribution in [0.4, 0.5) is 13.2 Å². The van der Waals surface area contributed by atoms with Gasteiger partial charge in [0.25, 0.3) is 5.91 Å². The molecule has 9 nitrogen and oxygen atoms in total. The predicted octanol–water partition coefficient (Wildman–Crippen LogP) is 2.84. The van der Waals surface area contributed by atoms with Crippen LogP contribution < -0.4 is 10.6 Å². The number of carboxylic acids is 1. The van der Waals surface area contributed by atoms with Crippen molar-refractivity contribution in [2.45, 2.75) is 31.2 Å². The third-order valence-corrected chi connectivity index (χ3v) is 4.92. The summed E-state index contributed by atoms with van der Waals surface area (Å²) in [5.74, 6) is -3.30. The molecule has 2 aromatic carbocycles. The molecule has 2 atom stereocenters. The van der Waals surface area contributed by atoms with Crippen molar-refractivity contribution in [1.82, 2.24) is 10.6 Å². The van der Waals surface area contributed by atoms with Crippen LogP contribution in [0.25, 0.3) is 6.08 Å². The van der Waals surface area contributed by atoms with Crippen molar-refractivity contribution in [2.24, 2.45) is 0 Å². The molecular formula is C24H25F3N2O7. The van der Waals surface area contributed by atoms with Crippen molar-refractivity contribution in [3.8, 4) is 11.5 Å². The third-order valence-electron chi connectivity index (χ3n) is 4.92. The molecule has 1 amide bonds. The zero-order valence-electron chi connectivity index (χ0n) is 18.9. The Morgan fingerprint density at radius 2 is 1.56 bits per heavy atom. The molecule has 1 saturated heterocycles. The van der Waals surface area contributed by atoms with E-state index in [1.165, 1.54) is 42.5 Å². The van der Waals surface area contributed by atoms with Gasteiger partial charge in [-0.15, -0.1) is 0 Å². The number of hydrogen-bond acceptors (Lipinski definition) is 7. The summed E-state index contributed by atoms with van der Waals surface area (Å²) in [5, 5.41) is 32.0. The van der Waals surface area contributed by atoms with Crippen molar-refractivity contribution >= 4 is 23.9 Å². The Bertz CT molecular complexity index is 1050. The van der Waals surface area contributed by atoms with Gasteiger partial charge in [-0.2, -0.15) is 13.2 Å². The first-order valence-corrected chi connectivity index (χ1v) is 10.7. The maximum Gasteiger partial charge on any atom is 0.490 e. The Morgan fingerprint density at radius 1 is 1.00 bits per heavy atom. The van der Waals surface area contributed by atoms with Crippen LogP contribution in [0, 0.1) is 0 Å². The van der Waals surface area contributed by atoms with E-state index in [2.05, 4.69) is 10.6 Å². The van der Waals surface area contributed by atoms with E-state index in [0.29, 0.717) is 18.5 Å². The Hall–Kier alpha value is -4.06. The highest BCUT2D eigenvalue weighted by Gasteiger charge is 2.38. The second-order valence-electron chi connectivity index (χ2n) is 7.68. The van der Waals surface area contributed by atoms with Crippen LogP contribution in [-0.2, 0) is 14.3 Å². The number of carboxylic acid groups (broad SMARTS) is 1. The second-order valence-corrected chi connectivity index (χ2v) is 7.68. The van der Waals surface area contributed by atoms with Gasteiger partial charge in [-0.3, -0.25) is 4.79 Å². The maximum atomic E-state index is 12.5. The number of halogens is 3. The summed E-state index contributed by atoms with van der Waals surface area (Å²) in [6.45, 7) is 1.27. The number of aliphatic carboxylic acids is 1. The van der Waals surface area contributed by atoms with E-state index in [0.717, 1.165) is 18.5 Å². The van der Waals surface area contributed by atoms with Crippen LogP contribution >= 0.6 is 0 Å². The van der Waals surface area contributed by atoms with Crippen LogP contribution in [0.2, 0.25) is 0 Å². The first-order chi connectivity index (χ1) is 17.0. The predicted molar refractivity (Wildman–Crippen MR) is 122 cm³/mol. The van der Waals surface area contributed by atoms with Gasteiger partial charge >= 0.3 is 18.1 Å². The molecule has 2 aromatic rings. The Morgan fingerprint density at radius 3 is 2.11 bits per heavy atom. The monoisotopic (exact) mass is 510 g/mol. The second kappa shape index (κ2) is 13.1. The van der Waals surface area contributed by atoms with E-state index in [4.69, 9.17) is 14.6 Å². The fraction of sp³-hybridized carbons (Fsp3) is 0.292. The van der Waals surface area contributed by atoms with Gasteiger partial charge in [-0.1, -0.05) is 12.1 Å². The molecule has 5 N–H and O–H groups in total. The number of carbonyl (C=O) groups is 3. The zero-order valence-corrected chi connectivity index (χ0v) is 18.9. The highest BCUT2D eigenvalue weighted by molar-refractivity contribution is 5.94. The molecule has 194 valence electrons. The number of aromatic hydroxyl groups is 2. The highest BCUT2D eigenvalue weighted by Crippen LogP contribution is 2.15. The number of carbonyl (C=O) groups excluding carboxylic acids is 2. The number of amides is 1. The zero-order chi connectivity index (χ0) is 26.7. The molecule has 0 unspecified atom stereocenters. The van der Waals surface area contributed by atoms with Gasteiger partial charge in [0.2, 0.25) is 0 Å². The molecule has 1 heterocycles. The lowest BCUT2D eigenvalue weighted by molar-refractivity contribution is -0.192. The number of ether oxygens (including phenoxy) is 1. The third kappa shape index (κ3) is 9.66. The summed E-state index contributed by atoms with van der Waals surface area (Å²) in [4.78, 5) is 33.7. The van der Waals surface area contributed by atoms with Gasteiger partial charge in [-0.05, 0) is 67.4 Å². The Labute approximate surface area is 204 Å². The van der Waals surface area contributed by atoms with Gasteiger partial charge in [0.1, 0.15) is 17.6 Å². The van der Waals surface area contributed by atoms with Gasteiger partial charge in [-0.25, -0.2) is 9.59 Å². The minimum Gasteiger partial charge on any atom is -0.508 e. The Balaban J connectivity index is 0.000000572. The van der Waals surface area contributed by atoms with Gasteiger partial charge in [0, 0.05) is 18.2 Å². The fourth-order valence-electron chi connectivity index (χ4n) is 3.11. The van der Waals surface area contributed by atoms with Crippen LogP contribution in [-0.4, -0.2) is 64.6 Å². The van der Waals surface area contributed by atoms with Gasteiger partial charge in [0.15, 0.2) is 0 Å². The number of nitrogens with one attached hydrogen (secondary N) is 2. The number of phenolic OH excluding ortho intramolecular Hbond substituents is 2. The van der Waals surface area contributed by atoms with Crippen molar-refractivity contribution in [3.63, 3.8) is 0 Å². The molecule has 12 heteroatoms. The smallest absolute Gasteiger partial charge is 0.490 e. The van der Waals surface area contributed by atoms with E-state index in [1.54, 1.807) is 18.2 Å². The van der Waals surface area contributed by atoms with E-state index < -0.39 is 24.2 Å². The van der Waals surface area contributed by atoms with Crippen LogP contribution in [0.1, 0.15) is 28.8 Å². The molecule has 1 aliphatic rings. The van der Waals surface area contributed by atoms with E-state index >= 15 is 0 Å². The molecule has 3 rings (SSSR count). The topological polar surface area (TPSA) is 145 Å². The summed E-state index contributed by atoms with van der Waals surface area (Å²) in [5.41, 5.74) is 1.18. The number of rotatable bonds is 5. The minimum atomic E-state index is -5.08. The van der Waals surface area contributed by atoms with E-state index in [9.17, 15) is 33.0 Å². The lowest BCUT2D eigenvalue weighted by atomic mass is 10.1. The molecule has 0 aromatic heterocycles. The average Bonchev–Trinajstić information content (AvgIpc) is 3.04. The molecule has 0 saturated carbocycles. The quantitative estimate of drug-likeness (QED) is 0.305. The standard InChI is InChI=1S/C22H24N2O5.C2HF3O2/c25-17-8-3-15(4-9-17)5-12-21(27)29-20-2-1-13-23-14-19(20)24-22(28)16-6-10-18(26)11-7-16;3-2(4,5)1(6)7/h3-12,19-20,23,25-26H,1-2,13-14H2,(H,24,28);(H,6,7)/t19-,20-;/m1./s1. The summed E-state index contributed by atoms with van der Waals surface area (Å²) >= 11 is 0. The summed E-state index contributed by atoms with van der Waals surface area (Å²) in [6, 6.07) is 12.1. The van der Waals surface area contributed by atoms with Crippen LogP contribution in [0.15, 0.2) is 54.6 Å². The summed E-state index contributed by atoms with van der Waals surface area (Å²) in [7, 11) is 0. The molecule has 0 spiro atoms. The lowest BCUT2D eigenvalue weighted by Crippen LogP contribution is -2.49. The Kier molecular flexibility index (Phi) is 10.3. The number of esters is 1. The van der Waals surface area contributed by atoms with Crippen molar-refractivity contribution < 1.29 is 47.6 Å². The van der Waals surface area contributed by atoms with Crippen LogP contribution in [0.3, 0.4) is 0 Å². The number of benzene rings is 2. The van der Waals surface area contributed by atoms with Crippen molar-refractivity contribution in [1.29, 1.82) is 0 Å². The first kappa shape index (κ1) is 28.2. The van der Waals surface area contributed by atoms with Gasteiger partial charge in [0.05, 0.1) is 6.04 Å². The van der Waals surface area contributed by atoms with Crippen molar-refractivity contribution in [2.75, 3.05) is 13.1 Å². The maximum absolute atomic E-state index is 12.5. The average molecular weight is 510 g/mol. The SMILES string of the molecule is O=C(C=Cc1ccc(O)cc1)O[C@@H]1CCCNC[C@H]1NC(=O)c1ccc(O)cc1.O=C(O)C(F)(F)F. The molecule has 1 aliphatic heterocycles. The van der Waals surface area contributed by atoms with Crippen molar-refractivity contribution in [3.05, 3.63) is 65.7 Å². The lowest BCUT2D eigenvalue weighted by Gasteiger charge is -2.25. The van der Waals surface area contributed by atoms with E-state index in [-0.39, 0.29) is 23.4 Å². The number of alkyl halides is 3. The van der Waals surface area contributed by atoms with E-state index in [1.807, 2.05) is 0 Å². The molecule has 0 bridgehead atoms. The summed E-state index contributed by atoms with van der Waals surface area (Å²) in [6.07, 6.45) is -1.13. The highest BCUT2D eigenvalue weighted by atomic mass is 19.4. The summed E-state index contributed by atoms with van der Waals surface area (Å²) < 4.78 is 37.4. The normalized spacial score (nSPS) is 17.9. The fourth-order valence-corrected chi connectivity index (χ4v) is 3.11. The van der Waals surface area contributed by atoms with Gasteiger partial charge < -0.3 is 30.7 Å². The molecule has 0 radical (unpaired) electrons. The largest absolute Gasteiger partial charge is 0.508 e. The molecule has 1 fully saturated rings. The molecular weight excluding hydrogens is 485 g/mol. The molecule has 0 aliphatic carbocycles. The minimum absolute atomic E-state index is 0.0879. The molecule has 36 heavy (non-hydrogen) atoms. The number of hydrogen-bond donors (Lipinski definition) is 5. The number of phenols is 2.